The lowest BCUT2D eigenvalue weighted by Crippen LogP contribution is -2.45. The van der Waals surface area contributed by atoms with Gasteiger partial charge in [-0.2, -0.15) is 17.4 Å². The summed E-state index contributed by atoms with van der Waals surface area (Å²) in [4.78, 5) is 2.25. The smallest absolute Gasteiger partial charge is 0.279 e. The molecule has 0 saturated heterocycles. The molecule has 7 heteroatoms. The van der Waals surface area contributed by atoms with E-state index in [4.69, 9.17) is 4.74 Å². The van der Waals surface area contributed by atoms with Gasteiger partial charge in [0.05, 0.1) is 6.10 Å². The van der Waals surface area contributed by atoms with Crippen molar-refractivity contribution in [2.45, 2.75) is 57.2 Å². The molecule has 29 heavy (non-hydrogen) atoms. The minimum atomic E-state index is -3.48. The average Bonchev–Trinajstić information content (AvgIpc) is 2.73. The van der Waals surface area contributed by atoms with Crippen molar-refractivity contribution in [1.82, 2.24) is 13.9 Å². The number of hydrogen-bond donors (Lipinski definition) is 1. The fourth-order valence-electron chi connectivity index (χ4n) is 3.69. The summed E-state index contributed by atoms with van der Waals surface area (Å²) in [5.41, 5.74) is 0.956. The third-order valence-corrected chi connectivity index (χ3v) is 7.13. The maximum absolute atomic E-state index is 12.6. The van der Waals surface area contributed by atoms with E-state index in [-0.39, 0.29) is 12.1 Å². The van der Waals surface area contributed by atoms with Crippen molar-refractivity contribution >= 4 is 10.2 Å². The monoisotopic (exact) mass is 423 g/mol. The van der Waals surface area contributed by atoms with Gasteiger partial charge in [-0.25, -0.2) is 0 Å². The summed E-state index contributed by atoms with van der Waals surface area (Å²) in [7, 11) is 0.298. The standard InChI is InChI=1S/C22H37N3O3S/c1-4-16-24(2)17-8-9-18-28-22-14-12-21(13-15-22)25(3)29(26,27)23-19-20-10-6-5-7-11-20/h4-7,10-11,21-23H,1,8-9,12-19H2,2-3H3/t21-,22-. The van der Waals surface area contributed by atoms with E-state index in [0.29, 0.717) is 6.54 Å². The molecule has 164 valence electrons. The van der Waals surface area contributed by atoms with Gasteiger partial charge in [-0.1, -0.05) is 36.4 Å². The first-order valence-corrected chi connectivity index (χ1v) is 12.0. The van der Waals surface area contributed by atoms with Gasteiger partial charge in [0.1, 0.15) is 0 Å². The third-order valence-electron chi connectivity index (χ3n) is 5.57. The van der Waals surface area contributed by atoms with E-state index in [1.165, 1.54) is 4.31 Å². The summed E-state index contributed by atoms with van der Waals surface area (Å²) >= 11 is 0. The fraction of sp³-hybridized carbons (Fsp3) is 0.636. The second-order valence-electron chi connectivity index (χ2n) is 7.89. The SMILES string of the molecule is C=CCN(C)CCCCO[C@H]1CC[C@H](N(C)S(=O)(=O)NCc2ccccc2)CC1. The van der Waals surface area contributed by atoms with Crippen LogP contribution < -0.4 is 4.72 Å². The van der Waals surface area contributed by atoms with Gasteiger partial charge in [-0.15, -0.1) is 6.58 Å². The van der Waals surface area contributed by atoms with Crippen LogP contribution in [0, 0.1) is 0 Å². The van der Waals surface area contributed by atoms with Crippen molar-refractivity contribution in [1.29, 1.82) is 0 Å². The summed E-state index contributed by atoms with van der Waals surface area (Å²) in [5.74, 6) is 0. The number of rotatable bonds is 13. The van der Waals surface area contributed by atoms with Crippen LogP contribution in [0.3, 0.4) is 0 Å². The number of likely N-dealkylation sites (N-methyl/N-ethyl adjacent to an activating group) is 1. The number of nitrogens with zero attached hydrogens (tertiary/aromatic N) is 2. The van der Waals surface area contributed by atoms with Crippen LogP contribution in [0.25, 0.3) is 0 Å². The molecule has 1 aromatic rings. The maximum atomic E-state index is 12.6. The molecule has 1 aromatic carbocycles. The van der Waals surface area contributed by atoms with E-state index in [9.17, 15) is 8.42 Å². The van der Waals surface area contributed by atoms with Gasteiger partial charge in [0.25, 0.3) is 10.2 Å². The Kier molecular flexibility index (Phi) is 10.3. The van der Waals surface area contributed by atoms with Crippen molar-refractivity contribution in [3.63, 3.8) is 0 Å². The number of benzene rings is 1. The van der Waals surface area contributed by atoms with E-state index in [0.717, 1.165) is 63.8 Å². The molecule has 1 fully saturated rings. The summed E-state index contributed by atoms with van der Waals surface area (Å²) in [5, 5.41) is 0. The quantitative estimate of drug-likeness (QED) is 0.391. The molecule has 1 saturated carbocycles. The lowest BCUT2D eigenvalue weighted by Gasteiger charge is -2.34. The summed E-state index contributed by atoms with van der Waals surface area (Å²) in [6, 6.07) is 9.62. The Morgan fingerprint density at radius 1 is 1.14 bits per heavy atom. The highest BCUT2D eigenvalue weighted by Gasteiger charge is 2.30. The molecule has 0 atom stereocenters. The molecule has 0 amide bonds. The highest BCUT2D eigenvalue weighted by molar-refractivity contribution is 7.87. The van der Waals surface area contributed by atoms with Gasteiger partial charge < -0.3 is 9.64 Å². The second kappa shape index (κ2) is 12.4. The summed E-state index contributed by atoms with van der Waals surface area (Å²) in [6.45, 7) is 6.82. The van der Waals surface area contributed by atoms with Crippen LogP contribution in [0.1, 0.15) is 44.1 Å². The van der Waals surface area contributed by atoms with Crippen molar-refractivity contribution < 1.29 is 13.2 Å². The number of nitrogens with one attached hydrogen (secondary N) is 1. The van der Waals surface area contributed by atoms with E-state index in [1.807, 2.05) is 36.4 Å². The van der Waals surface area contributed by atoms with Gasteiger partial charge in [-0.05, 0) is 57.7 Å². The van der Waals surface area contributed by atoms with Gasteiger partial charge in [0.15, 0.2) is 0 Å². The zero-order chi connectivity index (χ0) is 21.1. The molecule has 0 aromatic heterocycles. The average molecular weight is 424 g/mol. The lowest BCUT2D eigenvalue weighted by atomic mass is 9.93. The van der Waals surface area contributed by atoms with Crippen molar-refractivity contribution in [3.8, 4) is 0 Å². The molecule has 0 unspecified atom stereocenters. The Hall–Kier alpha value is -1.25. The number of ether oxygens (including phenoxy) is 1. The maximum Gasteiger partial charge on any atom is 0.279 e. The predicted molar refractivity (Wildman–Crippen MR) is 119 cm³/mol. The zero-order valence-corrected chi connectivity index (χ0v) is 18.7. The molecule has 1 aliphatic rings. The molecule has 0 bridgehead atoms. The third kappa shape index (κ3) is 8.56. The van der Waals surface area contributed by atoms with Gasteiger partial charge >= 0.3 is 0 Å². The predicted octanol–water partition coefficient (Wildman–Crippen LogP) is 3.18. The van der Waals surface area contributed by atoms with Crippen LogP contribution in [0.15, 0.2) is 43.0 Å². The Balaban J connectivity index is 1.65. The summed E-state index contributed by atoms with van der Waals surface area (Å²) < 4.78 is 35.4. The molecule has 0 heterocycles. The van der Waals surface area contributed by atoms with E-state index < -0.39 is 10.2 Å². The normalized spacial score (nSPS) is 20.3. The molecule has 2 rings (SSSR count). The highest BCUT2D eigenvalue weighted by atomic mass is 32.2. The van der Waals surface area contributed by atoms with E-state index in [1.54, 1.807) is 7.05 Å². The summed E-state index contributed by atoms with van der Waals surface area (Å²) in [6.07, 6.45) is 7.87. The zero-order valence-electron chi connectivity index (χ0n) is 17.9. The molecular weight excluding hydrogens is 386 g/mol. The van der Waals surface area contributed by atoms with Crippen LogP contribution in [0.4, 0.5) is 0 Å². The first-order chi connectivity index (χ1) is 13.9. The Morgan fingerprint density at radius 3 is 2.48 bits per heavy atom. The molecular formula is C22H37N3O3S. The van der Waals surface area contributed by atoms with Gasteiger partial charge in [-0.3, -0.25) is 0 Å². The van der Waals surface area contributed by atoms with Crippen molar-refractivity contribution in [3.05, 3.63) is 48.6 Å². The van der Waals surface area contributed by atoms with Crippen molar-refractivity contribution in [2.24, 2.45) is 0 Å². The van der Waals surface area contributed by atoms with Crippen LogP contribution >= 0.6 is 0 Å². The molecule has 0 spiro atoms. The lowest BCUT2D eigenvalue weighted by molar-refractivity contribution is 0.0152. The Labute approximate surface area is 177 Å². The molecule has 0 aliphatic heterocycles. The fourth-order valence-corrected chi connectivity index (χ4v) is 4.85. The Bertz CT molecular complexity index is 689. The highest BCUT2D eigenvalue weighted by Crippen LogP contribution is 2.26. The molecule has 6 nitrogen and oxygen atoms in total. The first-order valence-electron chi connectivity index (χ1n) is 10.6. The molecule has 1 aliphatic carbocycles. The van der Waals surface area contributed by atoms with E-state index in [2.05, 4.69) is 23.2 Å². The van der Waals surface area contributed by atoms with Gasteiger partial charge in [0, 0.05) is 32.8 Å². The Morgan fingerprint density at radius 2 is 1.83 bits per heavy atom. The van der Waals surface area contributed by atoms with Crippen LogP contribution in [-0.2, 0) is 21.5 Å². The van der Waals surface area contributed by atoms with E-state index >= 15 is 0 Å². The van der Waals surface area contributed by atoms with Crippen molar-refractivity contribution in [2.75, 3.05) is 33.8 Å². The minimum absolute atomic E-state index is 0.0377. The van der Waals surface area contributed by atoms with Crippen LogP contribution in [-0.4, -0.2) is 63.6 Å². The number of hydrogen-bond acceptors (Lipinski definition) is 4. The number of unbranched alkanes of at least 4 members (excludes halogenated alkanes) is 1. The largest absolute Gasteiger partial charge is 0.378 e. The molecule has 0 radical (unpaired) electrons. The molecule has 1 N–H and O–H groups in total. The van der Waals surface area contributed by atoms with Crippen LogP contribution in [0.5, 0.6) is 0 Å². The topological polar surface area (TPSA) is 61.9 Å². The minimum Gasteiger partial charge on any atom is -0.378 e. The van der Waals surface area contributed by atoms with Crippen LogP contribution in [0.2, 0.25) is 0 Å². The van der Waals surface area contributed by atoms with Gasteiger partial charge in [0.2, 0.25) is 0 Å². The first kappa shape index (κ1) is 24.0. The second-order valence-corrected chi connectivity index (χ2v) is 9.70.